The van der Waals surface area contributed by atoms with Crippen molar-refractivity contribution < 1.29 is 0 Å². The molecule has 2 heteroatoms. The lowest BCUT2D eigenvalue weighted by atomic mass is 10.0. The van der Waals surface area contributed by atoms with Crippen molar-refractivity contribution in [3.63, 3.8) is 0 Å². The van der Waals surface area contributed by atoms with Crippen molar-refractivity contribution in [3.05, 3.63) is 103 Å². The number of rotatable bonds is 4. The van der Waals surface area contributed by atoms with Gasteiger partial charge in [0, 0.05) is 5.92 Å². The van der Waals surface area contributed by atoms with Crippen LogP contribution in [-0.4, -0.2) is 9.97 Å². The molecular weight excluding hydrogens is 304 g/mol. The molecule has 4 rings (SSSR count). The molecule has 2 nitrogen and oxygen atoms in total. The first-order chi connectivity index (χ1) is 12.3. The molecule has 1 N–H and O–H groups in total. The summed E-state index contributed by atoms with van der Waals surface area (Å²) in [6.07, 6.45) is 1.92. The molecule has 0 amide bonds. The zero-order valence-corrected chi connectivity index (χ0v) is 14.2. The van der Waals surface area contributed by atoms with E-state index in [9.17, 15) is 0 Å². The summed E-state index contributed by atoms with van der Waals surface area (Å²) in [5, 5.41) is 0. The Morgan fingerprint density at radius 1 is 0.680 bits per heavy atom. The van der Waals surface area contributed by atoms with E-state index in [2.05, 4.69) is 89.7 Å². The zero-order valence-electron chi connectivity index (χ0n) is 14.2. The Kier molecular flexibility index (Phi) is 4.17. The molecule has 0 bridgehead atoms. The topological polar surface area (TPSA) is 28.7 Å². The smallest absolute Gasteiger partial charge is 0.113 e. The molecule has 1 aromatic heterocycles. The lowest BCUT2D eigenvalue weighted by molar-refractivity contribution is 0.841. The number of nitrogens with zero attached hydrogens (tertiary/aromatic N) is 1. The van der Waals surface area contributed by atoms with Crippen molar-refractivity contribution in [3.8, 4) is 22.4 Å². The largest absolute Gasteiger partial charge is 0.342 e. The fourth-order valence-electron chi connectivity index (χ4n) is 3.08. The van der Waals surface area contributed by atoms with Gasteiger partial charge >= 0.3 is 0 Å². The second kappa shape index (κ2) is 6.78. The molecule has 25 heavy (non-hydrogen) atoms. The average molecular weight is 324 g/mol. The number of benzene rings is 3. The van der Waals surface area contributed by atoms with Gasteiger partial charge in [-0.3, -0.25) is 0 Å². The maximum atomic E-state index is 4.59. The Morgan fingerprint density at radius 3 is 1.92 bits per heavy atom. The molecule has 122 valence electrons. The van der Waals surface area contributed by atoms with Crippen molar-refractivity contribution >= 4 is 0 Å². The lowest BCUT2D eigenvalue weighted by Crippen LogP contribution is -1.97. The van der Waals surface area contributed by atoms with E-state index in [-0.39, 0.29) is 5.92 Å². The second-order valence-corrected chi connectivity index (χ2v) is 6.26. The summed E-state index contributed by atoms with van der Waals surface area (Å²) in [5.74, 6) is 1.24. The molecule has 0 aliphatic heterocycles. The predicted molar refractivity (Wildman–Crippen MR) is 103 cm³/mol. The minimum Gasteiger partial charge on any atom is -0.342 e. The van der Waals surface area contributed by atoms with Crippen molar-refractivity contribution in [1.29, 1.82) is 0 Å². The van der Waals surface area contributed by atoms with Gasteiger partial charge in [-0.25, -0.2) is 4.98 Å². The Morgan fingerprint density at radius 2 is 1.24 bits per heavy atom. The molecule has 0 saturated heterocycles. The Hall–Kier alpha value is -3.13. The highest BCUT2D eigenvalue weighted by Gasteiger charge is 2.12. The number of hydrogen-bond acceptors (Lipinski definition) is 1. The minimum absolute atomic E-state index is 0.249. The van der Waals surface area contributed by atoms with Crippen LogP contribution in [0.1, 0.15) is 24.2 Å². The number of aromatic nitrogens is 2. The first kappa shape index (κ1) is 15.4. The number of imidazole rings is 1. The first-order valence-electron chi connectivity index (χ1n) is 8.57. The first-order valence-corrected chi connectivity index (χ1v) is 8.57. The van der Waals surface area contributed by atoms with Gasteiger partial charge in [-0.15, -0.1) is 0 Å². The molecule has 0 aliphatic rings. The summed E-state index contributed by atoms with van der Waals surface area (Å²) < 4.78 is 0. The van der Waals surface area contributed by atoms with E-state index >= 15 is 0 Å². The summed E-state index contributed by atoms with van der Waals surface area (Å²) in [6, 6.07) is 29.5. The standard InChI is InChI=1S/C23H20N2/c1-17(18-8-4-2-5-9-18)23-24-16-22(25-23)21-14-12-20(13-15-21)19-10-6-3-7-11-19/h2-17H,1H3,(H,24,25). The van der Waals surface area contributed by atoms with Crippen LogP contribution in [0.4, 0.5) is 0 Å². The third-order valence-electron chi connectivity index (χ3n) is 4.61. The van der Waals surface area contributed by atoms with Crippen LogP contribution in [0, 0.1) is 0 Å². The van der Waals surface area contributed by atoms with E-state index in [1.54, 1.807) is 0 Å². The van der Waals surface area contributed by atoms with Crippen LogP contribution in [0.15, 0.2) is 91.1 Å². The quantitative estimate of drug-likeness (QED) is 0.498. The van der Waals surface area contributed by atoms with Crippen LogP contribution in [-0.2, 0) is 0 Å². The van der Waals surface area contributed by atoms with Crippen LogP contribution in [0.2, 0.25) is 0 Å². The Labute approximate surface area is 148 Å². The van der Waals surface area contributed by atoms with Crippen LogP contribution in [0.25, 0.3) is 22.4 Å². The van der Waals surface area contributed by atoms with Crippen LogP contribution in [0.5, 0.6) is 0 Å². The van der Waals surface area contributed by atoms with E-state index in [1.807, 2.05) is 18.3 Å². The van der Waals surface area contributed by atoms with Gasteiger partial charge in [0.2, 0.25) is 0 Å². The lowest BCUT2D eigenvalue weighted by Gasteiger charge is -2.08. The molecule has 1 heterocycles. The molecule has 0 fully saturated rings. The zero-order chi connectivity index (χ0) is 17.1. The van der Waals surface area contributed by atoms with Crippen LogP contribution < -0.4 is 0 Å². The highest BCUT2D eigenvalue weighted by atomic mass is 14.9. The molecular formula is C23H20N2. The third kappa shape index (κ3) is 3.24. The van der Waals surface area contributed by atoms with Crippen LogP contribution >= 0.6 is 0 Å². The number of nitrogens with one attached hydrogen (secondary N) is 1. The van der Waals surface area contributed by atoms with E-state index in [0.717, 1.165) is 17.1 Å². The normalized spacial score (nSPS) is 12.0. The summed E-state index contributed by atoms with van der Waals surface area (Å²) in [5.41, 5.74) is 5.93. The average Bonchev–Trinajstić information content (AvgIpc) is 3.19. The van der Waals surface area contributed by atoms with Gasteiger partial charge in [0.05, 0.1) is 11.9 Å². The predicted octanol–water partition coefficient (Wildman–Crippen LogP) is 5.90. The van der Waals surface area contributed by atoms with Crippen LogP contribution in [0.3, 0.4) is 0 Å². The van der Waals surface area contributed by atoms with E-state index in [4.69, 9.17) is 0 Å². The Bertz CT molecular complexity index is 938. The maximum absolute atomic E-state index is 4.59. The number of H-pyrrole nitrogens is 1. The number of aromatic amines is 1. The van der Waals surface area contributed by atoms with E-state index < -0.39 is 0 Å². The summed E-state index contributed by atoms with van der Waals surface area (Å²) in [6.45, 7) is 2.18. The van der Waals surface area contributed by atoms with Gasteiger partial charge in [-0.05, 0) is 22.3 Å². The van der Waals surface area contributed by atoms with E-state index in [1.165, 1.54) is 16.7 Å². The summed E-state index contributed by atoms with van der Waals surface area (Å²) >= 11 is 0. The monoisotopic (exact) mass is 324 g/mol. The molecule has 3 aromatic carbocycles. The number of hydrogen-bond donors (Lipinski definition) is 1. The fraction of sp³-hybridized carbons (Fsp3) is 0.0870. The van der Waals surface area contributed by atoms with Gasteiger partial charge in [-0.2, -0.15) is 0 Å². The van der Waals surface area contributed by atoms with Gasteiger partial charge in [0.25, 0.3) is 0 Å². The SMILES string of the molecule is CC(c1ccccc1)c1ncc(-c2ccc(-c3ccccc3)cc2)[nH]1. The Balaban J connectivity index is 1.58. The van der Waals surface area contributed by atoms with Crippen molar-refractivity contribution in [2.24, 2.45) is 0 Å². The van der Waals surface area contributed by atoms with Gasteiger partial charge < -0.3 is 4.98 Å². The minimum atomic E-state index is 0.249. The van der Waals surface area contributed by atoms with Gasteiger partial charge in [-0.1, -0.05) is 91.9 Å². The van der Waals surface area contributed by atoms with Crippen molar-refractivity contribution in [1.82, 2.24) is 9.97 Å². The third-order valence-corrected chi connectivity index (χ3v) is 4.61. The van der Waals surface area contributed by atoms with Crippen molar-refractivity contribution in [2.45, 2.75) is 12.8 Å². The second-order valence-electron chi connectivity index (χ2n) is 6.26. The molecule has 1 atom stereocenters. The molecule has 4 aromatic rings. The highest BCUT2D eigenvalue weighted by molar-refractivity contribution is 5.68. The molecule has 0 spiro atoms. The maximum Gasteiger partial charge on any atom is 0.113 e. The van der Waals surface area contributed by atoms with Gasteiger partial charge in [0.1, 0.15) is 5.82 Å². The summed E-state index contributed by atoms with van der Waals surface area (Å²) in [4.78, 5) is 8.07. The molecule has 0 aliphatic carbocycles. The molecule has 0 radical (unpaired) electrons. The van der Waals surface area contributed by atoms with E-state index in [0.29, 0.717) is 0 Å². The van der Waals surface area contributed by atoms with Crippen molar-refractivity contribution in [2.75, 3.05) is 0 Å². The fourth-order valence-corrected chi connectivity index (χ4v) is 3.08. The molecule has 1 unspecified atom stereocenters. The molecule has 0 saturated carbocycles. The highest BCUT2D eigenvalue weighted by Crippen LogP contribution is 2.26. The summed E-state index contributed by atoms with van der Waals surface area (Å²) in [7, 11) is 0. The van der Waals surface area contributed by atoms with Gasteiger partial charge in [0.15, 0.2) is 0 Å².